The molecule has 1 aliphatic heterocycles. The minimum atomic E-state index is 0.134. The normalized spacial score (nSPS) is 16.4. The average molecular weight is 352 g/mol. The molecule has 4 heteroatoms. The Bertz CT molecular complexity index is 704. The van der Waals surface area contributed by atoms with Crippen molar-refractivity contribution in [2.24, 2.45) is 0 Å². The van der Waals surface area contributed by atoms with Gasteiger partial charge in [0.05, 0.1) is 19.8 Å². The van der Waals surface area contributed by atoms with Gasteiger partial charge in [0.25, 0.3) is 0 Å². The number of carbonyl (C=O) groups is 1. The van der Waals surface area contributed by atoms with Crippen LogP contribution in [0, 0.1) is 13.8 Å². The van der Waals surface area contributed by atoms with E-state index < -0.39 is 0 Å². The highest BCUT2D eigenvalue weighted by molar-refractivity contribution is 5.97. The molecule has 0 aliphatic carbocycles. The zero-order valence-electron chi connectivity index (χ0n) is 15.7. The summed E-state index contributed by atoms with van der Waals surface area (Å²) in [4.78, 5) is 14.8. The molecule has 1 saturated heterocycles. The van der Waals surface area contributed by atoms with Gasteiger partial charge in [-0.25, -0.2) is 0 Å². The van der Waals surface area contributed by atoms with E-state index in [9.17, 15) is 4.79 Å². The van der Waals surface area contributed by atoms with Gasteiger partial charge in [0.2, 0.25) is 0 Å². The number of carbonyl (C=O) groups excluding carboxylic acids is 1. The summed E-state index contributed by atoms with van der Waals surface area (Å²) in [7, 11) is 0. The third kappa shape index (κ3) is 5.01. The first-order chi connectivity index (χ1) is 12.6. The van der Waals surface area contributed by atoms with Gasteiger partial charge in [-0.15, -0.1) is 0 Å². The zero-order chi connectivity index (χ0) is 18.4. The van der Waals surface area contributed by atoms with E-state index in [2.05, 4.69) is 41.4 Å². The van der Waals surface area contributed by atoms with Gasteiger partial charge in [0.1, 0.15) is 0 Å². The van der Waals surface area contributed by atoms with Gasteiger partial charge in [-0.2, -0.15) is 0 Å². The Morgan fingerprint density at radius 2 is 1.58 bits per heavy atom. The summed E-state index contributed by atoms with van der Waals surface area (Å²) in [5.74, 6) is 0.134. The van der Waals surface area contributed by atoms with Crippen molar-refractivity contribution in [3.63, 3.8) is 0 Å². The molecule has 0 aromatic heterocycles. The number of hydrogen-bond donors (Lipinski definition) is 1. The van der Waals surface area contributed by atoms with Crippen LogP contribution in [0.1, 0.15) is 33.1 Å². The van der Waals surface area contributed by atoms with E-state index in [1.807, 2.05) is 31.2 Å². The average Bonchev–Trinajstić information content (AvgIpc) is 2.67. The number of benzene rings is 2. The van der Waals surface area contributed by atoms with Crippen molar-refractivity contribution < 1.29 is 9.53 Å². The number of aryl methyl sites for hydroxylation is 2. The van der Waals surface area contributed by atoms with E-state index in [4.69, 9.17) is 4.74 Å². The van der Waals surface area contributed by atoms with Gasteiger partial charge in [-0.3, -0.25) is 9.69 Å². The second-order valence-corrected chi connectivity index (χ2v) is 6.99. The van der Waals surface area contributed by atoms with Gasteiger partial charge in [0.15, 0.2) is 5.78 Å². The summed E-state index contributed by atoms with van der Waals surface area (Å²) in [5.41, 5.74) is 4.48. The summed E-state index contributed by atoms with van der Waals surface area (Å²) in [6.07, 6.45) is 0. The Morgan fingerprint density at radius 1 is 1.00 bits per heavy atom. The van der Waals surface area contributed by atoms with Crippen LogP contribution in [-0.2, 0) is 4.74 Å². The lowest BCUT2D eigenvalue weighted by Crippen LogP contribution is -2.43. The number of hydrogen-bond acceptors (Lipinski definition) is 4. The summed E-state index contributed by atoms with van der Waals surface area (Å²) < 4.78 is 5.50. The third-order valence-corrected chi connectivity index (χ3v) is 4.95. The van der Waals surface area contributed by atoms with Crippen LogP contribution < -0.4 is 5.32 Å². The fraction of sp³-hybridized carbons (Fsp3) is 0.409. The minimum Gasteiger partial charge on any atom is -0.379 e. The molecular weight excluding hydrogens is 324 g/mol. The number of morpholine rings is 1. The van der Waals surface area contributed by atoms with E-state index in [1.165, 1.54) is 16.7 Å². The first kappa shape index (κ1) is 18.8. The van der Waals surface area contributed by atoms with E-state index in [0.29, 0.717) is 6.54 Å². The molecule has 0 radical (unpaired) electrons. The van der Waals surface area contributed by atoms with Crippen LogP contribution in [0.4, 0.5) is 0 Å². The predicted molar refractivity (Wildman–Crippen MR) is 105 cm³/mol. The standard InChI is InChI=1S/C22H28N2O2/c1-17-3-7-19(8-4-17)21(24-11-13-26-14-12-24)15-23-16-22(25)20-9-5-18(2)6-10-20/h3-10,21,23H,11-16H2,1-2H3. The fourth-order valence-corrected chi connectivity index (χ4v) is 3.30. The van der Waals surface area contributed by atoms with Crippen LogP contribution in [0.15, 0.2) is 48.5 Å². The highest BCUT2D eigenvalue weighted by Gasteiger charge is 2.22. The molecule has 1 unspecified atom stereocenters. The van der Waals surface area contributed by atoms with E-state index in [1.54, 1.807) is 0 Å². The smallest absolute Gasteiger partial charge is 0.176 e. The second-order valence-electron chi connectivity index (χ2n) is 6.99. The molecule has 3 rings (SSSR count). The molecule has 0 saturated carbocycles. The lowest BCUT2D eigenvalue weighted by Gasteiger charge is -2.35. The molecule has 2 aromatic rings. The Labute approximate surface area is 156 Å². The summed E-state index contributed by atoms with van der Waals surface area (Å²) >= 11 is 0. The maximum absolute atomic E-state index is 12.4. The highest BCUT2D eigenvalue weighted by atomic mass is 16.5. The van der Waals surface area contributed by atoms with Crippen molar-refractivity contribution in [2.45, 2.75) is 19.9 Å². The molecule has 0 amide bonds. The third-order valence-electron chi connectivity index (χ3n) is 4.95. The molecule has 26 heavy (non-hydrogen) atoms. The number of ether oxygens (including phenoxy) is 1. The molecule has 1 N–H and O–H groups in total. The van der Waals surface area contributed by atoms with Gasteiger partial charge < -0.3 is 10.1 Å². The van der Waals surface area contributed by atoms with Gasteiger partial charge >= 0.3 is 0 Å². The van der Waals surface area contributed by atoms with Crippen molar-refractivity contribution in [1.82, 2.24) is 10.2 Å². The van der Waals surface area contributed by atoms with Crippen LogP contribution in [0.5, 0.6) is 0 Å². The SMILES string of the molecule is Cc1ccc(C(=O)CNCC(c2ccc(C)cc2)N2CCOCC2)cc1. The zero-order valence-corrected chi connectivity index (χ0v) is 15.7. The van der Waals surface area contributed by atoms with E-state index >= 15 is 0 Å². The maximum Gasteiger partial charge on any atom is 0.176 e. The topological polar surface area (TPSA) is 41.6 Å². The molecule has 138 valence electrons. The van der Waals surface area contributed by atoms with E-state index in [0.717, 1.165) is 38.4 Å². The van der Waals surface area contributed by atoms with Crippen molar-refractivity contribution in [3.05, 3.63) is 70.8 Å². The highest BCUT2D eigenvalue weighted by Crippen LogP contribution is 2.21. The Kier molecular flexibility index (Phi) is 6.56. The Hall–Kier alpha value is -2.01. The molecule has 1 atom stereocenters. The van der Waals surface area contributed by atoms with Crippen molar-refractivity contribution in [3.8, 4) is 0 Å². The van der Waals surface area contributed by atoms with Gasteiger partial charge in [-0.1, -0.05) is 59.7 Å². The molecule has 0 bridgehead atoms. The summed E-state index contributed by atoms with van der Waals surface area (Å²) in [6, 6.07) is 16.7. The lowest BCUT2D eigenvalue weighted by molar-refractivity contribution is 0.0162. The number of nitrogens with one attached hydrogen (secondary N) is 1. The van der Waals surface area contributed by atoms with Crippen LogP contribution >= 0.6 is 0 Å². The second kappa shape index (κ2) is 9.08. The predicted octanol–water partition coefficient (Wildman–Crippen LogP) is 3.15. The fourth-order valence-electron chi connectivity index (χ4n) is 3.30. The summed E-state index contributed by atoms with van der Waals surface area (Å²) in [6.45, 7) is 8.62. The van der Waals surface area contributed by atoms with Crippen LogP contribution in [0.25, 0.3) is 0 Å². The minimum absolute atomic E-state index is 0.134. The molecule has 1 aliphatic rings. The maximum atomic E-state index is 12.4. The largest absolute Gasteiger partial charge is 0.379 e. The van der Waals surface area contributed by atoms with Crippen molar-refractivity contribution in [1.29, 1.82) is 0 Å². The first-order valence-corrected chi connectivity index (χ1v) is 9.32. The molecule has 1 heterocycles. The molecule has 2 aromatic carbocycles. The van der Waals surface area contributed by atoms with Crippen LogP contribution in [0.2, 0.25) is 0 Å². The first-order valence-electron chi connectivity index (χ1n) is 9.32. The monoisotopic (exact) mass is 352 g/mol. The van der Waals surface area contributed by atoms with Gasteiger partial charge in [-0.05, 0) is 19.4 Å². The van der Waals surface area contributed by atoms with Gasteiger partial charge in [0, 0.05) is 31.2 Å². The number of Topliss-reactive ketones (excluding diaryl/α,β-unsaturated/α-hetero) is 1. The lowest BCUT2D eigenvalue weighted by atomic mass is 10.0. The van der Waals surface area contributed by atoms with E-state index in [-0.39, 0.29) is 11.8 Å². The molecule has 1 fully saturated rings. The number of ketones is 1. The number of rotatable bonds is 7. The van der Waals surface area contributed by atoms with Crippen LogP contribution in [0.3, 0.4) is 0 Å². The summed E-state index contributed by atoms with van der Waals surface area (Å²) in [5, 5.41) is 3.38. The number of nitrogens with zero attached hydrogens (tertiary/aromatic N) is 1. The molecule has 0 spiro atoms. The Morgan fingerprint density at radius 3 is 2.19 bits per heavy atom. The Balaban J connectivity index is 1.62. The van der Waals surface area contributed by atoms with Crippen molar-refractivity contribution >= 4 is 5.78 Å². The quantitative estimate of drug-likeness (QED) is 0.777. The molecule has 4 nitrogen and oxygen atoms in total. The van der Waals surface area contributed by atoms with Crippen molar-refractivity contribution in [2.75, 3.05) is 39.4 Å². The molecular formula is C22H28N2O2. The van der Waals surface area contributed by atoms with Crippen LogP contribution in [-0.4, -0.2) is 50.1 Å².